The summed E-state index contributed by atoms with van der Waals surface area (Å²) in [6, 6.07) is 5.44. The standard InChI is InChI=1S/C23H26F3NO3S/c1-2-3-4-5-6-7-9-16-13-19(28)27-18(22(29)30)14-31-21(27)20(16)15-10-8-11-17(12-15)23(24,25)26/h8,10-13,18H,2-7,9,14H2,1H3,(H,29,30)/t18-/m0/s1. The molecule has 2 heterocycles. The number of alkyl halides is 3. The molecule has 1 aromatic carbocycles. The molecule has 2 aromatic rings. The Balaban J connectivity index is 2.03. The fourth-order valence-electron chi connectivity index (χ4n) is 3.95. The molecule has 0 radical (unpaired) electrons. The number of hydrogen-bond acceptors (Lipinski definition) is 3. The van der Waals surface area contributed by atoms with Gasteiger partial charge in [0.2, 0.25) is 0 Å². The smallest absolute Gasteiger partial charge is 0.416 e. The number of carboxylic acid groups (broad SMARTS) is 1. The molecule has 1 aliphatic rings. The van der Waals surface area contributed by atoms with Gasteiger partial charge in [-0.25, -0.2) is 4.79 Å². The molecule has 1 aromatic heterocycles. The topological polar surface area (TPSA) is 59.3 Å². The molecule has 1 aliphatic heterocycles. The molecule has 8 heteroatoms. The van der Waals surface area contributed by atoms with E-state index in [-0.39, 0.29) is 5.75 Å². The number of thioether (sulfide) groups is 1. The molecule has 0 amide bonds. The lowest BCUT2D eigenvalue weighted by molar-refractivity contribution is -0.140. The van der Waals surface area contributed by atoms with Gasteiger partial charge in [0.1, 0.15) is 6.04 Å². The van der Waals surface area contributed by atoms with E-state index in [1.165, 1.54) is 34.9 Å². The SMILES string of the molecule is CCCCCCCCc1cc(=O)n2c(c1-c1cccc(C(F)(F)F)c1)SC[C@H]2C(=O)O. The van der Waals surface area contributed by atoms with Gasteiger partial charge in [-0.15, -0.1) is 11.8 Å². The molecule has 0 saturated heterocycles. The number of aliphatic carboxylic acids is 1. The van der Waals surface area contributed by atoms with Gasteiger partial charge in [0, 0.05) is 17.4 Å². The van der Waals surface area contributed by atoms with E-state index in [0.717, 1.165) is 44.2 Å². The Morgan fingerprint density at radius 1 is 1.16 bits per heavy atom. The molecule has 1 N–H and O–H groups in total. The highest BCUT2D eigenvalue weighted by atomic mass is 32.2. The summed E-state index contributed by atoms with van der Waals surface area (Å²) in [4.78, 5) is 24.3. The van der Waals surface area contributed by atoms with E-state index in [9.17, 15) is 27.9 Å². The summed E-state index contributed by atoms with van der Waals surface area (Å²) in [7, 11) is 0. The second kappa shape index (κ2) is 9.94. The Morgan fingerprint density at radius 2 is 1.87 bits per heavy atom. The minimum atomic E-state index is -4.49. The maximum absolute atomic E-state index is 13.3. The lowest BCUT2D eigenvalue weighted by Gasteiger charge is -2.18. The molecule has 0 spiro atoms. The van der Waals surface area contributed by atoms with Crippen molar-refractivity contribution in [3.8, 4) is 11.1 Å². The van der Waals surface area contributed by atoms with Gasteiger partial charge in [-0.05, 0) is 36.1 Å². The molecular formula is C23H26F3NO3S. The van der Waals surface area contributed by atoms with Gasteiger partial charge < -0.3 is 5.11 Å². The lowest BCUT2D eigenvalue weighted by atomic mass is 9.95. The third kappa shape index (κ3) is 5.34. The number of fused-ring (bicyclic) bond motifs is 1. The van der Waals surface area contributed by atoms with Crippen molar-refractivity contribution < 1.29 is 23.1 Å². The molecule has 0 unspecified atom stereocenters. The number of carboxylic acids is 1. The molecular weight excluding hydrogens is 427 g/mol. The highest BCUT2D eigenvalue weighted by molar-refractivity contribution is 7.99. The van der Waals surface area contributed by atoms with E-state index in [1.54, 1.807) is 6.07 Å². The Bertz CT molecular complexity index is 1000. The molecule has 0 fully saturated rings. The van der Waals surface area contributed by atoms with Crippen LogP contribution in [0.25, 0.3) is 11.1 Å². The van der Waals surface area contributed by atoms with E-state index in [1.807, 2.05) is 0 Å². The van der Waals surface area contributed by atoms with E-state index >= 15 is 0 Å². The number of unbranched alkanes of at least 4 members (excludes halogenated alkanes) is 5. The van der Waals surface area contributed by atoms with Crippen LogP contribution < -0.4 is 5.56 Å². The zero-order valence-corrected chi connectivity index (χ0v) is 18.2. The van der Waals surface area contributed by atoms with Crippen LogP contribution in [0.15, 0.2) is 40.2 Å². The van der Waals surface area contributed by atoms with Crippen LogP contribution in [0.4, 0.5) is 13.2 Å². The first kappa shape index (κ1) is 23.4. The van der Waals surface area contributed by atoms with Crippen molar-refractivity contribution in [3.05, 3.63) is 51.8 Å². The highest BCUT2D eigenvalue weighted by Gasteiger charge is 2.34. The average molecular weight is 454 g/mol. The summed E-state index contributed by atoms with van der Waals surface area (Å²) >= 11 is 1.22. The van der Waals surface area contributed by atoms with Crippen molar-refractivity contribution in [2.45, 2.75) is 69.1 Å². The molecule has 31 heavy (non-hydrogen) atoms. The van der Waals surface area contributed by atoms with Crippen LogP contribution in [0.1, 0.15) is 62.6 Å². The van der Waals surface area contributed by atoms with Crippen molar-refractivity contribution in [2.24, 2.45) is 0 Å². The Kier molecular flexibility index (Phi) is 7.51. The number of nitrogens with zero attached hydrogens (tertiary/aromatic N) is 1. The second-order valence-corrected chi connectivity index (χ2v) is 8.83. The number of carbonyl (C=O) groups is 1. The first-order valence-electron chi connectivity index (χ1n) is 10.6. The predicted molar refractivity (Wildman–Crippen MR) is 116 cm³/mol. The largest absolute Gasteiger partial charge is 0.480 e. The third-order valence-corrected chi connectivity index (χ3v) is 6.70. The van der Waals surface area contributed by atoms with Gasteiger partial charge in [-0.3, -0.25) is 9.36 Å². The maximum atomic E-state index is 13.3. The summed E-state index contributed by atoms with van der Waals surface area (Å²) in [5.74, 6) is -0.941. The van der Waals surface area contributed by atoms with E-state index < -0.39 is 29.3 Å². The molecule has 0 aliphatic carbocycles. The molecule has 4 nitrogen and oxygen atoms in total. The average Bonchev–Trinajstić information content (AvgIpc) is 3.16. The van der Waals surface area contributed by atoms with Crippen molar-refractivity contribution in [3.63, 3.8) is 0 Å². The molecule has 1 atom stereocenters. The summed E-state index contributed by atoms with van der Waals surface area (Å²) in [5.41, 5.74) is 0.415. The number of aryl methyl sites for hydroxylation is 1. The number of hydrogen-bond donors (Lipinski definition) is 1. The second-order valence-electron chi connectivity index (χ2n) is 7.82. The summed E-state index contributed by atoms with van der Waals surface area (Å²) in [5, 5.41) is 9.93. The van der Waals surface area contributed by atoms with Crippen LogP contribution in [0, 0.1) is 0 Å². The van der Waals surface area contributed by atoms with Crippen LogP contribution in [0.3, 0.4) is 0 Å². The van der Waals surface area contributed by atoms with Crippen molar-refractivity contribution in [2.75, 3.05) is 5.75 Å². The Labute approximate surface area is 183 Å². The number of benzene rings is 1. The number of rotatable bonds is 9. The van der Waals surface area contributed by atoms with Crippen LogP contribution in [-0.4, -0.2) is 21.4 Å². The van der Waals surface area contributed by atoms with Crippen molar-refractivity contribution in [1.82, 2.24) is 4.57 Å². The number of pyridine rings is 1. The summed E-state index contributed by atoms with van der Waals surface area (Å²) < 4.78 is 41.1. The van der Waals surface area contributed by atoms with E-state index in [0.29, 0.717) is 28.1 Å². The van der Waals surface area contributed by atoms with Crippen molar-refractivity contribution in [1.29, 1.82) is 0 Å². The minimum Gasteiger partial charge on any atom is -0.480 e. The minimum absolute atomic E-state index is 0.178. The summed E-state index contributed by atoms with van der Waals surface area (Å²) in [6.07, 6.45) is 2.41. The van der Waals surface area contributed by atoms with E-state index in [2.05, 4.69) is 6.92 Å². The first-order valence-corrected chi connectivity index (χ1v) is 11.5. The first-order chi connectivity index (χ1) is 14.7. The number of halogens is 3. The predicted octanol–water partition coefficient (Wildman–Crippen LogP) is 6.17. The van der Waals surface area contributed by atoms with Crippen LogP contribution in [-0.2, 0) is 17.4 Å². The molecule has 3 rings (SSSR count). The highest BCUT2D eigenvalue weighted by Crippen LogP contribution is 2.42. The molecule has 168 valence electrons. The maximum Gasteiger partial charge on any atom is 0.416 e. The van der Waals surface area contributed by atoms with Gasteiger partial charge in [0.05, 0.1) is 10.6 Å². The fourth-order valence-corrected chi connectivity index (χ4v) is 5.31. The fraction of sp³-hybridized carbons (Fsp3) is 0.478. The quantitative estimate of drug-likeness (QED) is 0.462. The van der Waals surface area contributed by atoms with Gasteiger partial charge >= 0.3 is 12.1 Å². The normalized spacial score (nSPS) is 15.8. The van der Waals surface area contributed by atoms with Gasteiger partial charge in [0.25, 0.3) is 5.56 Å². The monoisotopic (exact) mass is 453 g/mol. The van der Waals surface area contributed by atoms with E-state index in [4.69, 9.17) is 0 Å². The van der Waals surface area contributed by atoms with Crippen LogP contribution in [0.5, 0.6) is 0 Å². The van der Waals surface area contributed by atoms with Gasteiger partial charge in [0.15, 0.2) is 0 Å². The zero-order valence-electron chi connectivity index (χ0n) is 17.4. The summed E-state index contributed by atoms with van der Waals surface area (Å²) in [6.45, 7) is 2.14. The Morgan fingerprint density at radius 3 is 2.55 bits per heavy atom. The third-order valence-electron chi connectivity index (χ3n) is 5.54. The Hall–Kier alpha value is -2.22. The molecule has 0 saturated carbocycles. The number of aromatic nitrogens is 1. The molecule has 0 bridgehead atoms. The van der Waals surface area contributed by atoms with Crippen LogP contribution in [0.2, 0.25) is 0 Å². The van der Waals surface area contributed by atoms with Crippen molar-refractivity contribution >= 4 is 17.7 Å². The zero-order chi connectivity index (χ0) is 22.6. The van der Waals surface area contributed by atoms with Gasteiger partial charge in [-0.2, -0.15) is 13.2 Å². The van der Waals surface area contributed by atoms with Gasteiger partial charge in [-0.1, -0.05) is 51.2 Å². The van der Waals surface area contributed by atoms with Crippen LogP contribution >= 0.6 is 11.8 Å². The lowest BCUT2D eigenvalue weighted by Crippen LogP contribution is -2.29.